The maximum Gasteiger partial charge on any atom is 0.228 e. The summed E-state index contributed by atoms with van der Waals surface area (Å²) in [6, 6.07) is 10.6. The number of anilines is 1. The molecule has 4 N–H and O–H groups in total. The van der Waals surface area contributed by atoms with Crippen molar-refractivity contribution < 1.29 is 9.90 Å². The Bertz CT molecular complexity index is 581. The molecule has 1 amide bonds. The molecular weight excluding hydrogens is 228 g/mol. The van der Waals surface area contributed by atoms with Gasteiger partial charge in [0.25, 0.3) is 0 Å². The molecule has 0 saturated carbocycles. The number of carbonyl (C=O) groups is 1. The number of fused-ring (bicyclic) bond motifs is 1. The fraction of sp³-hybridized carbons (Fsp3) is 0.214. The zero-order chi connectivity index (χ0) is 13.1. The van der Waals surface area contributed by atoms with Crippen LogP contribution in [0.25, 0.3) is 10.8 Å². The van der Waals surface area contributed by atoms with Crippen molar-refractivity contribution in [3.05, 3.63) is 36.4 Å². The van der Waals surface area contributed by atoms with Crippen molar-refractivity contribution in [1.82, 2.24) is 0 Å². The van der Waals surface area contributed by atoms with E-state index in [0.717, 1.165) is 10.8 Å². The number of rotatable bonds is 3. The van der Waals surface area contributed by atoms with Crippen LogP contribution in [-0.4, -0.2) is 17.6 Å². The normalized spacial score (nSPS) is 12.3. The van der Waals surface area contributed by atoms with E-state index in [4.69, 9.17) is 5.73 Å². The summed E-state index contributed by atoms with van der Waals surface area (Å²) in [5.74, 6) is -0.151. The van der Waals surface area contributed by atoms with Crippen LogP contribution in [0.15, 0.2) is 36.4 Å². The molecular formula is C14H16N2O2. The lowest BCUT2D eigenvalue weighted by Crippen LogP contribution is -2.26. The Kier molecular flexibility index (Phi) is 3.48. The highest BCUT2D eigenvalue weighted by Gasteiger charge is 2.12. The summed E-state index contributed by atoms with van der Waals surface area (Å²) in [7, 11) is 0. The van der Waals surface area contributed by atoms with Gasteiger partial charge in [-0.25, -0.2) is 0 Å². The first kappa shape index (κ1) is 12.4. The molecule has 0 fully saturated rings. The lowest BCUT2D eigenvalue weighted by Gasteiger charge is -2.12. The lowest BCUT2D eigenvalue weighted by molar-refractivity contribution is -0.119. The Hall–Kier alpha value is -2.07. The third-order valence-electron chi connectivity index (χ3n) is 2.96. The van der Waals surface area contributed by atoms with Crippen molar-refractivity contribution in [1.29, 1.82) is 0 Å². The highest BCUT2D eigenvalue weighted by molar-refractivity contribution is 6.04. The highest BCUT2D eigenvalue weighted by Crippen LogP contribution is 2.29. The maximum absolute atomic E-state index is 11.8. The Balaban J connectivity index is 2.40. The number of benzene rings is 2. The second-order valence-electron chi connectivity index (χ2n) is 4.30. The Morgan fingerprint density at radius 1 is 1.28 bits per heavy atom. The number of phenolic OH excluding ortho intramolecular Hbond substituents is 1. The first-order chi connectivity index (χ1) is 8.63. The van der Waals surface area contributed by atoms with Gasteiger partial charge in [-0.05, 0) is 12.1 Å². The van der Waals surface area contributed by atoms with Gasteiger partial charge in [0.1, 0.15) is 5.75 Å². The predicted molar refractivity (Wildman–Crippen MR) is 72.5 cm³/mol. The molecule has 4 nitrogen and oxygen atoms in total. The standard InChI is InChI=1S/C14H16N2O2/c1-9(8-15)14(18)16-12-6-2-5-11-10(12)4-3-7-13(11)17/h2-7,9,17H,8,15H2,1H3,(H,16,18). The molecule has 0 aliphatic heterocycles. The minimum atomic E-state index is -0.238. The van der Waals surface area contributed by atoms with Crippen LogP contribution in [0.1, 0.15) is 6.92 Å². The molecule has 1 atom stereocenters. The second-order valence-corrected chi connectivity index (χ2v) is 4.30. The summed E-state index contributed by atoms with van der Waals surface area (Å²) in [6.07, 6.45) is 0. The van der Waals surface area contributed by atoms with Crippen molar-refractivity contribution in [2.45, 2.75) is 6.92 Å². The van der Waals surface area contributed by atoms with Crippen LogP contribution < -0.4 is 11.1 Å². The molecule has 0 spiro atoms. The van der Waals surface area contributed by atoms with E-state index in [1.165, 1.54) is 0 Å². The number of hydrogen-bond donors (Lipinski definition) is 3. The van der Waals surface area contributed by atoms with Crippen LogP contribution in [0, 0.1) is 5.92 Å². The molecule has 2 aromatic rings. The quantitative estimate of drug-likeness (QED) is 0.773. The number of nitrogens with two attached hydrogens (primary N) is 1. The van der Waals surface area contributed by atoms with Crippen LogP contribution in [-0.2, 0) is 4.79 Å². The Morgan fingerprint density at radius 2 is 1.94 bits per heavy atom. The molecule has 0 aliphatic rings. The molecule has 0 bridgehead atoms. The third kappa shape index (κ3) is 2.28. The van der Waals surface area contributed by atoms with Crippen LogP contribution in [0.4, 0.5) is 5.69 Å². The van der Waals surface area contributed by atoms with E-state index < -0.39 is 0 Å². The SMILES string of the molecule is CC(CN)C(=O)Nc1cccc2c(O)cccc12. The van der Waals surface area contributed by atoms with Gasteiger partial charge < -0.3 is 16.2 Å². The zero-order valence-electron chi connectivity index (χ0n) is 10.2. The van der Waals surface area contributed by atoms with Gasteiger partial charge in [0.05, 0.1) is 0 Å². The average molecular weight is 244 g/mol. The van der Waals surface area contributed by atoms with Gasteiger partial charge in [0.2, 0.25) is 5.91 Å². The number of nitrogens with one attached hydrogen (secondary N) is 1. The van der Waals surface area contributed by atoms with Gasteiger partial charge in [-0.1, -0.05) is 31.2 Å². The zero-order valence-corrected chi connectivity index (χ0v) is 10.2. The van der Waals surface area contributed by atoms with Gasteiger partial charge in [0.15, 0.2) is 0 Å². The van der Waals surface area contributed by atoms with Crippen LogP contribution in [0.5, 0.6) is 5.75 Å². The van der Waals surface area contributed by atoms with E-state index in [1.54, 1.807) is 25.1 Å². The minimum Gasteiger partial charge on any atom is -0.507 e. The highest BCUT2D eigenvalue weighted by atomic mass is 16.3. The molecule has 2 rings (SSSR count). The molecule has 0 aromatic heterocycles. The molecule has 18 heavy (non-hydrogen) atoms. The summed E-state index contributed by atoms with van der Waals surface area (Å²) >= 11 is 0. The monoisotopic (exact) mass is 244 g/mol. The first-order valence-corrected chi connectivity index (χ1v) is 5.85. The van der Waals surface area contributed by atoms with E-state index in [2.05, 4.69) is 5.32 Å². The number of phenols is 1. The minimum absolute atomic E-state index is 0.117. The largest absolute Gasteiger partial charge is 0.507 e. The molecule has 0 radical (unpaired) electrons. The summed E-state index contributed by atoms with van der Waals surface area (Å²) in [4.78, 5) is 11.8. The van der Waals surface area contributed by atoms with Crippen LogP contribution >= 0.6 is 0 Å². The number of amides is 1. The van der Waals surface area contributed by atoms with Crippen LogP contribution in [0.3, 0.4) is 0 Å². The van der Waals surface area contributed by atoms with Crippen molar-refractivity contribution in [2.24, 2.45) is 11.7 Å². The summed E-state index contributed by atoms with van der Waals surface area (Å²) in [5, 5.41) is 14.1. The van der Waals surface area contributed by atoms with E-state index in [0.29, 0.717) is 12.2 Å². The Labute approximate surface area is 105 Å². The van der Waals surface area contributed by atoms with Crippen LogP contribution in [0.2, 0.25) is 0 Å². The summed E-state index contributed by atoms with van der Waals surface area (Å²) in [5.41, 5.74) is 6.15. The number of aromatic hydroxyl groups is 1. The van der Waals surface area contributed by atoms with E-state index >= 15 is 0 Å². The van der Waals surface area contributed by atoms with Crippen molar-refractivity contribution in [3.8, 4) is 5.75 Å². The lowest BCUT2D eigenvalue weighted by atomic mass is 10.1. The number of hydrogen-bond acceptors (Lipinski definition) is 3. The predicted octanol–water partition coefficient (Wildman–Crippen LogP) is 2.08. The van der Waals surface area contributed by atoms with Crippen molar-refractivity contribution >= 4 is 22.4 Å². The fourth-order valence-electron chi connectivity index (χ4n) is 1.77. The second kappa shape index (κ2) is 5.06. The molecule has 94 valence electrons. The van der Waals surface area contributed by atoms with E-state index in [-0.39, 0.29) is 17.6 Å². The van der Waals surface area contributed by atoms with Crippen molar-refractivity contribution in [3.63, 3.8) is 0 Å². The molecule has 1 unspecified atom stereocenters. The van der Waals surface area contributed by atoms with Gasteiger partial charge in [-0.2, -0.15) is 0 Å². The third-order valence-corrected chi connectivity index (χ3v) is 2.96. The van der Waals surface area contributed by atoms with Crippen molar-refractivity contribution in [2.75, 3.05) is 11.9 Å². The topological polar surface area (TPSA) is 75.4 Å². The van der Waals surface area contributed by atoms with Gasteiger partial charge >= 0.3 is 0 Å². The van der Waals surface area contributed by atoms with E-state index in [1.807, 2.05) is 18.2 Å². The van der Waals surface area contributed by atoms with Gasteiger partial charge in [0, 0.05) is 28.9 Å². The molecule has 0 saturated heterocycles. The van der Waals surface area contributed by atoms with E-state index in [9.17, 15) is 9.90 Å². The molecule has 0 heterocycles. The summed E-state index contributed by atoms with van der Waals surface area (Å²) < 4.78 is 0. The first-order valence-electron chi connectivity index (χ1n) is 5.85. The average Bonchev–Trinajstić information content (AvgIpc) is 2.39. The number of carbonyl (C=O) groups excluding carboxylic acids is 1. The molecule has 0 aliphatic carbocycles. The fourth-order valence-corrected chi connectivity index (χ4v) is 1.77. The van der Waals surface area contributed by atoms with Gasteiger partial charge in [-0.15, -0.1) is 0 Å². The summed E-state index contributed by atoms with van der Waals surface area (Å²) in [6.45, 7) is 2.08. The Morgan fingerprint density at radius 3 is 2.67 bits per heavy atom. The molecule has 2 aromatic carbocycles. The maximum atomic E-state index is 11.8. The van der Waals surface area contributed by atoms with Gasteiger partial charge in [-0.3, -0.25) is 4.79 Å². The smallest absolute Gasteiger partial charge is 0.228 e. The molecule has 4 heteroatoms.